The summed E-state index contributed by atoms with van der Waals surface area (Å²) in [6.07, 6.45) is 7.17. The number of aryl methyl sites for hydroxylation is 2. The van der Waals surface area contributed by atoms with Crippen LogP contribution in [0.3, 0.4) is 0 Å². The van der Waals surface area contributed by atoms with Gasteiger partial charge in [-0.05, 0) is 56.4 Å². The van der Waals surface area contributed by atoms with Gasteiger partial charge < -0.3 is 5.32 Å². The van der Waals surface area contributed by atoms with Crippen molar-refractivity contribution >= 4 is 39.2 Å². The minimum absolute atomic E-state index is 0.0129. The summed E-state index contributed by atoms with van der Waals surface area (Å²) in [6, 6.07) is 0.214. The highest BCUT2D eigenvalue weighted by Crippen LogP contribution is 2.34. The van der Waals surface area contributed by atoms with E-state index in [0.29, 0.717) is 23.4 Å². The SMILES string of the molecule is CCC(CC)NC(=O)CSc1nc2sc3c(c2c(=O)n1CCC(C)C)CCCC3. The van der Waals surface area contributed by atoms with Gasteiger partial charge in [0.05, 0.1) is 11.1 Å². The molecule has 1 N–H and O–H groups in total. The summed E-state index contributed by atoms with van der Waals surface area (Å²) in [5.74, 6) is 0.810. The maximum Gasteiger partial charge on any atom is 0.263 e. The number of thiophene rings is 1. The number of hydrogen-bond acceptors (Lipinski definition) is 5. The van der Waals surface area contributed by atoms with Crippen molar-refractivity contribution in [3.8, 4) is 0 Å². The first kappa shape index (κ1) is 22.3. The third-order valence-corrected chi connectivity index (χ3v) is 7.82. The molecule has 7 heteroatoms. The molecule has 1 amide bonds. The Hall–Kier alpha value is -1.34. The van der Waals surface area contributed by atoms with Gasteiger partial charge >= 0.3 is 0 Å². The highest BCUT2D eigenvalue weighted by Gasteiger charge is 2.22. The Morgan fingerprint density at radius 3 is 2.66 bits per heavy atom. The van der Waals surface area contributed by atoms with Crippen molar-refractivity contribution in [2.75, 3.05) is 5.75 Å². The Morgan fingerprint density at radius 1 is 1.24 bits per heavy atom. The normalized spacial score (nSPS) is 14.0. The molecular formula is C22H33N3O2S2. The number of nitrogens with zero attached hydrogens (tertiary/aromatic N) is 2. The van der Waals surface area contributed by atoms with Crippen LogP contribution in [0.5, 0.6) is 0 Å². The zero-order valence-electron chi connectivity index (χ0n) is 18.0. The lowest BCUT2D eigenvalue weighted by Crippen LogP contribution is -2.35. The first-order valence-corrected chi connectivity index (χ1v) is 12.7. The van der Waals surface area contributed by atoms with Gasteiger partial charge in [0, 0.05) is 17.5 Å². The van der Waals surface area contributed by atoms with Gasteiger partial charge in [0.1, 0.15) is 4.83 Å². The quantitative estimate of drug-likeness (QED) is 0.455. The molecule has 5 nitrogen and oxygen atoms in total. The van der Waals surface area contributed by atoms with Gasteiger partial charge in [-0.2, -0.15) is 0 Å². The molecule has 2 aromatic heterocycles. The summed E-state index contributed by atoms with van der Waals surface area (Å²) < 4.78 is 1.82. The molecule has 0 unspecified atom stereocenters. The fourth-order valence-electron chi connectivity index (χ4n) is 3.81. The number of aromatic nitrogens is 2. The number of nitrogens with one attached hydrogen (secondary N) is 1. The first-order valence-electron chi connectivity index (χ1n) is 10.9. The molecule has 2 heterocycles. The summed E-state index contributed by atoms with van der Waals surface area (Å²) in [5.41, 5.74) is 1.31. The van der Waals surface area contributed by atoms with Crippen LogP contribution in [0, 0.1) is 5.92 Å². The van der Waals surface area contributed by atoms with Crippen LogP contribution in [0.1, 0.15) is 70.2 Å². The largest absolute Gasteiger partial charge is 0.353 e. The second-order valence-electron chi connectivity index (χ2n) is 8.29. The second-order valence-corrected chi connectivity index (χ2v) is 10.3. The summed E-state index contributed by atoms with van der Waals surface area (Å²) in [6.45, 7) is 9.15. The molecule has 3 rings (SSSR count). The van der Waals surface area contributed by atoms with Gasteiger partial charge in [0.25, 0.3) is 5.56 Å². The molecule has 0 fully saturated rings. The number of hydrogen-bond donors (Lipinski definition) is 1. The van der Waals surface area contributed by atoms with Gasteiger partial charge in [-0.25, -0.2) is 4.98 Å². The van der Waals surface area contributed by atoms with Crippen molar-refractivity contribution in [2.45, 2.75) is 90.4 Å². The van der Waals surface area contributed by atoms with Crippen molar-refractivity contribution in [3.63, 3.8) is 0 Å². The van der Waals surface area contributed by atoms with Crippen molar-refractivity contribution in [3.05, 3.63) is 20.8 Å². The smallest absolute Gasteiger partial charge is 0.263 e. The third kappa shape index (κ3) is 5.23. The van der Waals surface area contributed by atoms with E-state index in [2.05, 4.69) is 33.0 Å². The zero-order chi connectivity index (χ0) is 21.0. The fourth-order valence-corrected chi connectivity index (χ4v) is 5.95. The van der Waals surface area contributed by atoms with Gasteiger partial charge in [0.15, 0.2) is 5.16 Å². The molecule has 0 bridgehead atoms. The van der Waals surface area contributed by atoms with Crippen molar-refractivity contribution < 1.29 is 4.79 Å². The van der Waals surface area contributed by atoms with Gasteiger partial charge in [-0.15, -0.1) is 11.3 Å². The van der Waals surface area contributed by atoms with Gasteiger partial charge in [-0.3, -0.25) is 14.2 Å². The van der Waals surface area contributed by atoms with Crippen LogP contribution in [0.2, 0.25) is 0 Å². The molecule has 0 saturated carbocycles. The summed E-state index contributed by atoms with van der Waals surface area (Å²) >= 11 is 3.07. The van der Waals surface area contributed by atoms with E-state index in [9.17, 15) is 9.59 Å². The van der Waals surface area contributed by atoms with Crippen molar-refractivity contribution in [2.24, 2.45) is 5.92 Å². The van der Waals surface area contributed by atoms with Crippen LogP contribution in [0.25, 0.3) is 10.2 Å². The van der Waals surface area contributed by atoms with E-state index in [1.807, 2.05) is 4.57 Å². The van der Waals surface area contributed by atoms with Crippen LogP contribution in [-0.2, 0) is 24.2 Å². The molecule has 1 aliphatic rings. The predicted octanol–water partition coefficient (Wildman–Crippen LogP) is 4.78. The second kappa shape index (κ2) is 10.1. The predicted molar refractivity (Wildman–Crippen MR) is 123 cm³/mol. The average molecular weight is 436 g/mol. The number of carbonyl (C=O) groups excluding carboxylic acids is 1. The molecule has 0 aromatic carbocycles. The number of rotatable bonds is 9. The number of amides is 1. The Bertz CT molecular complexity index is 913. The minimum atomic E-state index is 0.0129. The van der Waals surface area contributed by atoms with E-state index in [1.165, 1.54) is 28.6 Å². The Balaban J connectivity index is 1.91. The Labute approximate surface area is 181 Å². The Kier molecular flexibility index (Phi) is 7.79. The number of carbonyl (C=O) groups is 1. The summed E-state index contributed by atoms with van der Waals surface area (Å²) in [7, 11) is 0. The van der Waals surface area contributed by atoms with Crippen LogP contribution in [-0.4, -0.2) is 27.3 Å². The zero-order valence-corrected chi connectivity index (χ0v) is 19.7. The summed E-state index contributed by atoms with van der Waals surface area (Å²) in [5, 5.41) is 4.59. The molecule has 0 radical (unpaired) electrons. The molecule has 0 atom stereocenters. The lowest BCUT2D eigenvalue weighted by molar-refractivity contribution is -0.119. The topological polar surface area (TPSA) is 64.0 Å². The first-order chi connectivity index (χ1) is 13.9. The van der Waals surface area contributed by atoms with Crippen molar-refractivity contribution in [1.29, 1.82) is 0 Å². The maximum atomic E-state index is 13.4. The third-order valence-electron chi connectivity index (χ3n) is 5.65. The van der Waals surface area contributed by atoms with Crippen LogP contribution < -0.4 is 10.9 Å². The molecule has 160 valence electrons. The highest BCUT2D eigenvalue weighted by atomic mass is 32.2. The molecule has 0 aliphatic heterocycles. The van der Waals surface area contributed by atoms with Crippen LogP contribution >= 0.6 is 23.1 Å². The van der Waals surface area contributed by atoms with Crippen molar-refractivity contribution in [1.82, 2.24) is 14.9 Å². The Morgan fingerprint density at radius 2 is 1.97 bits per heavy atom. The lowest BCUT2D eigenvalue weighted by Gasteiger charge is -2.16. The van der Waals surface area contributed by atoms with E-state index >= 15 is 0 Å². The van der Waals surface area contributed by atoms with E-state index in [-0.39, 0.29) is 17.5 Å². The van der Waals surface area contributed by atoms with Gasteiger partial charge in [0.2, 0.25) is 5.91 Å². The van der Waals surface area contributed by atoms with Gasteiger partial charge in [-0.1, -0.05) is 39.5 Å². The van der Waals surface area contributed by atoms with E-state index in [4.69, 9.17) is 4.98 Å². The minimum Gasteiger partial charge on any atom is -0.353 e. The molecule has 1 aliphatic carbocycles. The molecule has 0 spiro atoms. The highest BCUT2D eigenvalue weighted by molar-refractivity contribution is 7.99. The van der Waals surface area contributed by atoms with E-state index < -0.39 is 0 Å². The number of fused-ring (bicyclic) bond motifs is 3. The fraction of sp³-hybridized carbons (Fsp3) is 0.682. The van der Waals surface area contributed by atoms with E-state index in [0.717, 1.165) is 48.7 Å². The average Bonchev–Trinajstić information content (AvgIpc) is 3.08. The van der Waals surface area contributed by atoms with Crippen LogP contribution in [0.4, 0.5) is 0 Å². The summed E-state index contributed by atoms with van der Waals surface area (Å²) in [4.78, 5) is 32.9. The van der Waals surface area contributed by atoms with E-state index in [1.54, 1.807) is 11.3 Å². The standard InChI is InChI=1S/C22H33N3O2S2/c1-5-15(6-2)23-18(26)13-28-22-24-20-19(16-9-7-8-10-17(16)29-20)21(27)25(22)12-11-14(3)4/h14-15H,5-13H2,1-4H3,(H,23,26). The van der Waals surface area contributed by atoms with Crippen LogP contribution in [0.15, 0.2) is 9.95 Å². The number of thioether (sulfide) groups is 1. The monoisotopic (exact) mass is 435 g/mol. The maximum absolute atomic E-state index is 13.4. The molecule has 29 heavy (non-hydrogen) atoms. The molecular weight excluding hydrogens is 402 g/mol. The molecule has 0 saturated heterocycles. The lowest BCUT2D eigenvalue weighted by atomic mass is 9.97. The molecule has 2 aromatic rings.